The summed E-state index contributed by atoms with van der Waals surface area (Å²) in [6.07, 6.45) is 5.18. The third-order valence-electron chi connectivity index (χ3n) is 2.79. The Balaban J connectivity index is 2.21. The van der Waals surface area contributed by atoms with E-state index in [-0.39, 0.29) is 5.91 Å². The van der Waals surface area contributed by atoms with E-state index in [2.05, 4.69) is 0 Å². The van der Waals surface area contributed by atoms with Crippen molar-refractivity contribution >= 4 is 5.91 Å². The Morgan fingerprint density at radius 3 is 2.08 bits per heavy atom. The fraction of sp³-hybridized carbons (Fsp3) is 0.889. The van der Waals surface area contributed by atoms with Gasteiger partial charge in [-0.3, -0.25) is 4.79 Å². The Hall–Kier alpha value is -0.570. The molecule has 0 bridgehead atoms. The van der Waals surface area contributed by atoms with Crippen molar-refractivity contribution < 1.29 is 4.79 Å². The van der Waals surface area contributed by atoms with Crippen LogP contribution in [0.5, 0.6) is 0 Å². The van der Waals surface area contributed by atoms with Gasteiger partial charge in [0.25, 0.3) is 0 Å². The van der Waals surface area contributed by atoms with Crippen molar-refractivity contribution in [1.82, 2.24) is 0 Å². The van der Waals surface area contributed by atoms with Crippen molar-refractivity contribution in [3.63, 3.8) is 0 Å². The molecule has 0 unspecified atom stereocenters. The van der Waals surface area contributed by atoms with Crippen LogP contribution in [0.15, 0.2) is 0 Å². The lowest BCUT2D eigenvalue weighted by atomic mass is 9.80. The topological polar surface area (TPSA) is 69.1 Å². The maximum absolute atomic E-state index is 10.6. The van der Waals surface area contributed by atoms with E-state index in [1.807, 2.05) is 0 Å². The molecule has 3 nitrogen and oxygen atoms in total. The number of nitrogens with two attached hydrogens (primary N) is 2. The normalized spacial score (nSPS) is 30.1. The first kappa shape index (κ1) is 9.52. The van der Waals surface area contributed by atoms with Gasteiger partial charge in [-0.1, -0.05) is 0 Å². The fourth-order valence-corrected chi connectivity index (χ4v) is 1.96. The zero-order valence-corrected chi connectivity index (χ0v) is 7.46. The lowest BCUT2D eigenvalue weighted by Crippen LogP contribution is -2.24. The quantitative estimate of drug-likeness (QED) is 0.652. The first-order chi connectivity index (χ1) is 5.72. The van der Waals surface area contributed by atoms with Crippen molar-refractivity contribution in [2.45, 2.75) is 32.1 Å². The highest BCUT2D eigenvalue weighted by atomic mass is 16.1. The summed E-state index contributed by atoms with van der Waals surface area (Å²) >= 11 is 0. The Bertz CT molecular complexity index is 151. The smallest absolute Gasteiger partial charge is 0.217 e. The van der Waals surface area contributed by atoms with E-state index in [9.17, 15) is 4.79 Å². The molecule has 0 aromatic carbocycles. The molecule has 0 aliphatic heterocycles. The standard InChI is InChI=1S/C9H18N2O/c10-6-8-3-1-7(2-4-8)5-9(11)12/h7-8H,1-6,10H2,(H2,11,12). The monoisotopic (exact) mass is 170 g/mol. The fourth-order valence-electron chi connectivity index (χ4n) is 1.96. The van der Waals surface area contributed by atoms with Gasteiger partial charge < -0.3 is 11.5 Å². The molecule has 1 aliphatic carbocycles. The molecule has 70 valence electrons. The molecule has 0 heterocycles. The number of rotatable bonds is 3. The van der Waals surface area contributed by atoms with Gasteiger partial charge in [0.1, 0.15) is 0 Å². The number of carbonyl (C=O) groups is 1. The van der Waals surface area contributed by atoms with Crippen molar-refractivity contribution in [2.75, 3.05) is 6.54 Å². The molecule has 12 heavy (non-hydrogen) atoms. The second kappa shape index (κ2) is 4.45. The maximum Gasteiger partial charge on any atom is 0.217 e. The summed E-state index contributed by atoms with van der Waals surface area (Å²) in [7, 11) is 0. The van der Waals surface area contributed by atoms with Gasteiger partial charge in [-0.2, -0.15) is 0 Å². The van der Waals surface area contributed by atoms with Crippen LogP contribution in [0.2, 0.25) is 0 Å². The molecule has 0 saturated heterocycles. The highest BCUT2D eigenvalue weighted by molar-refractivity contribution is 5.73. The zero-order chi connectivity index (χ0) is 8.97. The molecule has 3 heteroatoms. The summed E-state index contributed by atoms with van der Waals surface area (Å²) in [6, 6.07) is 0. The predicted molar refractivity (Wildman–Crippen MR) is 48.3 cm³/mol. The van der Waals surface area contributed by atoms with Gasteiger partial charge in [0.05, 0.1) is 0 Å². The number of primary amides is 1. The van der Waals surface area contributed by atoms with Crippen LogP contribution in [0.25, 0.3) is 0 Å². The van der Waals surface area contributed by atoms with Crippen molar-refractivity contribution in [1.29, 1.82) is 0 Å². The van der Waals surface area contributed by atoms with Crippen LogP contribution in [-0.2, 0) is 4.79 Å². The summed E-state index contributed by atoms with van der Waals surface area (Å²) in [5, 5.41) is 0. The lowest BCUT2D eigenvalue weighted by Gasteiger charge is -2.26. The minimum absolute atomic E-state index is 0.161. The maximum atomic E-state index is 10.6. The average Bonchev–Trinajstić information content (AvgIpc) is 2.05. The Kier molecular flexibility index (Phi) is 3.53. The lowest BCUT2D eigenvalue weighted by molar-refractivity contribution is -0.119. The molecule has 0 atom stereocenters. The SMILES string of the molecule is NCC1CCC(CC(N)=O)CC1. The minimum atomic E-state index is -0.161. The largest absolute Gasteiger partial charge is 0.370 e. The van der Waals surface area contributed by atoms with Crippen molar-refractivity contribution in [3.05, 3.63) is 0 Å². The Morgan fingerprint density at radius 1 is 1.17 bits per heavy atom. The number of amides is 1. The van der Waals surface area contributed by atoms with E-state index < -0.39 is 0 Å². The molecule has 0 aromatic heterocycles. The van der Waals surface area contributed by atoms with E-state index in [0.717, 1.165) is 19.4 Å². The van der Waals surface area contributed by atoms with E-state index in [1.54, 1.807) is 0 Å². The van der Waals surface area contributed by atoms with E-state index >= 15 is 0 Å². The van der Waals surface area contributed by atoms with Crippen LogP contribution < -0.4 is 11.5 Å². The Morgan fingerprint density at radius 2 is 1.67 bits per heavy atom. The average molecular weight is 170 g/mol. The first-order valence-corrected chi connectivity index (χ1v) is 4.70. The third-order valence-corrected chi connectivity index (χ3v) is 2.79. The molecule has 0 aromatic rings. The van der Waals surface area contributed by atoms with Crippen LogP contribution in [0, 0.1) is 11.8 Å². The van der Waals surface area contributed by atoms with Crippen molar-refractivity contribution in [3.8, 4) is 0 Å². The third kappa shape index (κ3) is 2.81. The summed E-state index contributed by atoms with van der Waals surface area (Å²) in [5.74, 6) is 1.06. The summed E-state index contributed by atoms with van der Waals surface area (Å²) < 4.78 is 0. The number of hydrogen-bond donors (Lipinski definition) is 2. The molecule has 1 saturated carbocycles. The molecule has 0 radical (unpaired) electrons. The van der Waals surface area contributed by atoms with Gasteiger partial charge in [0.2, 0.25) is 5.91 Å². The number of hydrogen-bond acceptors (Lipinski definition) is 2. The molecular formula is C9H18N2O. The van der Waals surface area contributed by atoms with Crippen LogP contribution in [-0.4, -0.2) is 12.5 Å². The molecule has 1 aliphatic rings. The molecule has 0 spiro atoms. The van der Waals surface area contributed by atoms with Crippen LogP contribution in [0.4, 0.5) is 0 Å². The van der Waals surface area contributed by atoms with E-state index in [0.29, 0.717) is 18.3 Å². The first-order valence-electron chi connectivity index (χ1n) is 4.70. The van der Waals surface area contributed by atoms with Gasteiger partial charge in [0.15, 0.2) is 0 Å². The molecule has 1 amide bonds. The predicted octanol–water partition coefficient (Wildman–Crippen LogP) is 0.627. The summed E-state index contributed by atoms with van der Waals surface area (Å²) in [5.41, 5.74) is 10.7. The van der Waals surface area contributed by atoms with E-state index in [1.165, 1.54) is 12.8 Å². The Labute approximate surface area is 73.5 Å². The summed E-state index contributed by atoms with van der Waals surface area (Å²) in [6.45, 7) is 0.795. The van der Waals surface area contributed by atoms with E-state index in [4.69, 9.17) is 11.5 Å². The highest BCUT2D eigenvalue weighted by Gasteiger charge is 2.20. The minimum Gasteiger partial charge on any atom is -0.370 e. The summed E-state index contributed by atoms with van der Waals surface area (Å²) in [4.78, 5) is 10.6. The van der Waals surface area contributed by atoms with Gasteiger partial charge in [-0.15, -0.1) is 0 Å². The molecular weight excluding hydrogens is 152 g/mol. The zero-order valence-electron chi connectivity index (χ0n) is 7.46. The highest BCUT2D eigenvalue weighted by Crippen LogP contribution is 2.29. The number of carbonyl (C=O) groups excluding carboxylic acids is 1. The van der Waals surface area contributed by atoms with Crippen molar-refractivity contribution in [2.24, 2.45) is 23.3 Å². The second-order valence-electron chi connectivity index (χ2n) is 3.79. The molecule has 1 rings (SSSR count). The van der Waals surface area contributed by atoms with Crippen LogP contribution >= 0.6 is 0 Å². The van der Waals surface area contributed by atoms with Crippen LogP contribution in [0.1, 0.15) is 32.1 Å². The van der Waals surface area contributed by atoms with Gasteiger partial charge >= 0.3 is 0 Å². The molecule has 1 fully saturated rings. The van der Waals surface area contributed by atoms with Gasteiger partial charge in [0, 0.05) is 6.42 Å². The molecule has 4 N–H and O–H groups in total. The van der Waals surface area contributed by atoms with Gasteiger partial charge in [-0.25, -0.2) is 0 Å². The second-order valence-corrected chi connectivity index (χ2v) is 3.79. The van der Waals surface area contributed by atoms with Crippen LogP contribution in [0.3, 0.4) is 0 Å². The van der Waals surface area contributed by atoms with Gasteiger partial charge in [-0.05, 0) is 44.1 Å².